The number of hydrogen-bond acceptors (Lipinski definition) is 2. The molecule has 0 radical (unpaired) electrons. The van der Waals surface area contributed by atoms with Gasteiger partial charge in [0.05, 0.1) is 10.0 Å². The highest BCUT2D eigenvalue weighted by molar-refractivity contribution is 6.42. The lowest BCUT2D eigenvalue weighted by Gasteiger charge is -2.39. The minimum Gasteiger partial charge on any atom is -0.302 e. The summed E-state index contributed by atoms with van der Waals surface area (Å²) in [6.07, 6.45) is 4.81. The van der Waals surface area contributed by atoms with Crippen molar-refractivity contribution >= 4 is 23.2 Å². The molecule has 0 N–H and O–H groups in total. The van der Waals surface area contributed by atoms with Crippen LogP contribution in [0.25, 0.3) is 0 Å². The summed E-state index contributed by atoms with van der Waals surface area (Å²) in [5, 5.41) is 1.28. The summed E-state index contributed by atoms with van der Waals surface area (Å²) in [5.74, 6) is 0.582. The summed E-state index contributed by atoms with van der Waals surface area (Å²) in [6, 6.07) is 10.1. The lowest BCUT2D eigenvalue weighted by molar-refractivity contribution is 0.150. The normalized spacial score (nSPS) is 16.1. The maximum Gasteiger partial charge on any atom is 0.0595 e. The lowest BCUT2D eigenvalue weighted by atomic mass is 9.91. The minimum absolute atomic E-state index is 0.582. The van der Waals surface area contributed by atoms with Crippen molar-refractivity contribution in [2.45, 2.75) is 12.3 Å². The first-order chi connectivity index (χ1) is 9.72. The van der Waals surface area contributed by atoms with E-state index in [1.165, 1.54) is 11.1 Å². The number of pyridine rings is 1. The molecule has 1 aromatic carbocycles. The Balaban J connectivity index is 1.50. The molecule has 2 aromatic rings. The van der Waals surface area contributed by atoms with Gasteiger partial charge in [0.25, 0.3) is 0 Å². The van der Waals surface area contributed by atoms with Crippen molar-refractivity contribution in [1.82, 2.24) is 9.88 Å². The number of hydrogen-bond donors (Lipinski definition) is 0. The minimum atomic E-state index is 0.582. The van der Waals surface area contributed by atoms with Crippen molar-refractivity contribution in [3.05, 3.63) is 63.9 Å². The number of aromatic nitrogens is 1. The van der Waals surface area contributed by atoms with Gasteiger partial charge in [-0.2, -0.15) is 0 Å². The van der Waals surface area contributed by atoms with Crippen molar-refractivity contribution in [2.75, 3.05) is 19.6 Å². The highest BCUT2D eigenvalue weighted by Crippen LogP contribution is 2.31. The van der Waals surface area contributed by atoms with E-state index >= 15 is 0 Å². The average molecular weight is 307 g/mol. The predicted molar refractivity (Wildman–Crippen MR) is 83.6 cm³/mol. The Labute approximate surface area is 129 Å². The summed E-state index contributed by atoms with van der Waals surface area (Å²) in [7, 11) is 0. The molecule has 0 atom stereocenters. The highest BCUT2D eigenvalue weighted by Gasteiger charge is 2.27. The van der Waals surface area contributed by atoms with Gasteiger partial charge in [0.1, 0.15) is 0 Å². The molecule has 0 aliphatic carbocycles. The smallest absolute Gasteiger partial charge is 0.0595 e. The second kappa shape index (κ2) is 6.13. The molecule has 1 aliphatic heterocycles. The van der Waals surface area contributed by atoms with E-state index in [4.69, 9.17) is 23.2 Å². The van der Waals surface area contributed by atoms with Gasteiger partial charge in [-0.1, -0.05) is 35.3 Å². The van der Waals surface area contributed by atoms with Crippen LogP contribution in [0, 0.1) is 0 Å². The molecule has 0 bridgehead atoms. The number of likely N-dealkylation sites (tertiary alicyclic amines) is 1. The third kappa shape index (κ3) is 3.14. The third-order valence-electron chi connectivity index (χ3n) is 3.81. The molecule has 1 aromatic heterocycles. The first-order valence-corrected chi connectivity index (χ1v) is 7.54. The number of rotatable bonds is 4. The monoisotopic (exact) mass is 306 g/mol. The molecule has 2 nitrogen and oxygen atoms in total. The van der Waals surface area contributed by atoms with Gasteiger partial charge in [0, 0.05) is 37.9 Å². The summed E-state index contributed by atoms with van der Waals surface area (Å²) in [6.45, 7) is 3.28. The molecule has 0 saturated carbocycles. The topological polar surface area (TPSA) is 16.1 Å². The first kappa shape index (κ1) is 13.9. The molecule has 1 aliphatic rings. The van der Waals surface area contributed by atoms with E-state index in [2.05, 4.69) is 22.0 Å². The summed E-state index contributed by atoms with van der Waals surface area (Å²) >= 11 is 12.0. The summed E-state index contributed by atoms with van der Waals surface area (Å²) in [4.78, 5) is 6.60. The largest absolute Gasteiger partial charge is 0.302 e. The van der Waals surface area contributed by atoms with E-state index in [-0.39, 0.29) is 0 Å². The van der Waals surface area contributed by atoms with Gasteiger partial charge in [0.2, 0.25) is 0 Å². The molecular weight excluding hydrogens is 291 g/mol. The fourth-order valence-corrected chi connectivity index (χ4v) is 2.87. The van der Waals surface area contributed by atoms with Crippen LogP contribution in [-0.2, 0) is 6.42 Å². The first-order valence-electron chi connectivity index (χ1n) is 6.78. The number of nitrogens with zero attached hydrogens (tertiary/aromatic N) is 2. The van der Waals surface area contributed by atoms with Gasteiger partial charge in [-0.05, 0) is 35.7 Å². The molecule has 3 rings (SSSR count). The molecule has 104 valence electrons. The van der Waals surface area contributed by atoms with Crippen LogP contribution < -0.4 is 0 Å². The van der Waals surface area contributed by atoms with Gasteiger partial charge < -0.3 is 4.90 Å². The number of halogens is 2. The molecule has 0 unspecified atom stereocenters. The van der Waals surface area contributed by atoms with E-state index in [0.29, 0.717) is 16.0 Å². The molecule has 2 heterocycles. The van der Waals surface area contributed by atoms with E-state index in [1.54, 1.807) is 0 Å². The maximum absolute atomic E-state index is 6.06. The van der Waals surface area contributed by atoms with Crippen LogP contribution >= 0.6 is 23.2 Å². The SMILES string of the molecule is Clc1ccc(C2CN(CCc3cccnc3)C2)cc1Cl. The summed E-state index contributed by atoms with van der Waals surface area (Å²) < 4.78 is 0. The van der Waals surface area contributed by atoms with E-state index in [0.717, 1.165) is 26.1 Å². The molecule has 0 spiro atoms. The zero-order valence-electron chi connectivity index (χ0n) is 11.1. The Morgan fingerprint density at radius 2 is 2.00 bits per heavy atom. The van der Waals surface area contributed by atoms with Gasteiger partial charge >= 0.3 is 0 Å². The Morgan fingerprint density at radius 3 is 2.70 bits per heavy atom. The Bertz CT molecular complexity index is 580. The molecule has 0 amide bonds. The fourth-order valence-electron chi connectivity index (χ4n) is 2.56. The molecule has 20 heavy (non-hydrogen) atoms. The second-order valence-corrected chi connectivity index (χ2v) is 6.06. The molecule has 1 fully saturated rings. The molecular formula is C16H16Cl2N2. The summed E-state index contributed by atoms with van der Waals surface area (Å²) in [5.41, 5.74) is 2.59. The van der Waals surface area contributed by atoms with Crippen molar-refractivity contribution in [2.24, 2.45) is 0 Å². The van der Waals surface area contributed by atoms with Crippen LogP contribution in [0.5, 0.6) is 0 Å². The van der Waals surface area contributed by atoms with Crippen LogP contribution in [0.4, 0.5) is 0 Å². The quantitative estimate of drug-likeness (QED) is 0.848. The van der Waals surface area contributed by atoms with Crippen LogP contribution in [0.1, 0.15) is 17.0 Å². The van der Waals surface area contributed by atoms with Crippen molar-refractivity contribution in [3.63, 3.8) is 0 Å². The van der Waals surface area contributed by atoms with Crippen molar-refractivity contribution in [3.8, 4) is 0 Å². The van der Waals surface area contributed by atoms with Gasteiger partial charge in [0.15, 0.2) is 0 Å². The zero-order valence-corrected chi connectivity index (χ0v) is 12.6. The Morgan fingerprint density at radius 1 is 1.15 bits per heavy atom. The predicted octanol–water partition coefficient (Wildman–Crippen LogP) is 4.03. The van der Waals surface area contributed by atoms with Crippen LogP contribution in [0.15, 0.2) is 42.7 Å². The third-order valence-corrected chi connectivity index (χ3v) is 4.55. The van der Waals surface area contributed by atoms with Crippen LogP contribution in [0.3, 0.4) is 0 Å². The van der Waals surface area contributed by atoms with E-state index < -0.39 is 0 Å². The highest BCUT2D eigenvalue weighted by atomic mass is 35.5. The maximum atomic E-state index is 6.06. The zero-order chi connectivity index (χ0) is 13.9. The van der Waals surface area contributed by atoms with Gasteiger partial charge in [-0.25, -0.2) is 0 Å². The lowest BCUT2D eigenvalue weighted by Crippen LogP contribution is -2.45. The van der Waals surface area contributed by atoms with E-state index in [1.807, 2.05) is 30.6 Å². The van der Waals surface area contributed by atoms with Crippen molar-refractivity contribution in [1.29, 1.82) is 0 Å². The van der Waals surface area contributed by atoms with Crippen LogP contribution in [0.2, 0.25) is 10.0 Å². The Kier molecular flexibility index (Phi) is 4.25. The molecule has 4 heteroatoms. The second-order valence-electron chi connectivity index (χ2n) is 5.24. The van der Waals surface area contributed by atoms with Crippen molar-refractivity contribution < 1.29 is 0 Å². The average Bonchev–Trinajstić information content (AvgIpc) is 2.42. The molecule has 1 saturated heterocycles. The number of benzene rings is 1. The fraction of sp³-hybridized carbons (Fsp3) is 0.312. The van der Waals surface area contributed by atoms with Gasteiger partial charge in [-0.15, -0.1) is 0 Å². The Hall–Kier alpha value is -1.09. The van der Waals surface area contributed by atoms with Gasteiger partial charge in [-0.3, -0.25) is 4.98 Å². The standard InChI is InChI=1S/C16H16Cl2N2/c17-15-4-3-13(8-16(15)18)14-10-20(11-14)7-5-12-2-1-6-19-9-12/h1-4,6,8-9,14H,5,7,10-11H2. The van der Waals surface area contributed by atoms with E-state index in [9.17, 15) is 0 Å². The van der Waals surface area contributed by atoms with Crippen LogP contribution in [-0.4, -0.2) is 29.5 Å².